The van der Waals surface area contributed by atoms with Crippen molar-refractivity contribution in [3.8, 4) is 0 Å². The smallest absolute Gasteiger partial charge is 0.329 e. The summed E-state index contributed by atoms with van der Waals surface area (Å²) in [7, 11) is 0. The van der Waals surface area contributed by atoms with Crippen LogP contribution in [-0.4, -0.2) is 65.4 Å². The lowest BCUT2D eigenvalue weighted by atomic mass is 10.0. The molecule has 2 aliphatic rings. The molecule has 0 aliphatic carbocycles. The summed E-state index contributed by atoms with van der Waals surface area (Å²) >= 11 is 0. The summed E-state index contributed by atoms with van der Waals surface area (Å²) in [4.78, 5) is 59.7. The molecular weight excluding hydrogens is 358 g/mol. The summed E-state index contributed by atoms with van der Waals surface area (Å²) in [6.45, 7) is 0.0590. The molecule has 4 amide bonds. The predicted octanol–water partition coefficient (Wildman–Crippen LogP) is -0.399. The first kappa shape index (κ1) is 18.5. The van der Waals surface area contributed by atoms with Gasteiger partial charge < -0.3 is 15.2 Å². The number of carboxylic acid groups (broad SMARTS) is 1. The molecule has 10 heteroatoms. The molecule has 10 nitrogen and oxygen atoms in total. The second kappa shape index (κ2) is 7.54. The third-order valence-corrected chi connectivity index (χ3v) is 4.24. The van der Waals surface area contributed by atoms with E-state index >= 15 is 0 Å². The van der Waals surface area contributed by atoms with Gasteiger partial charge in [-0.15, -0.1) is 0 Å². The number of anilines is 1. The van der Waals surface area contributed by atoms with Gasteiger partial charge in [0.25, 0.3) is 11.8 Å². The van der Waals surface area contributed by atoms with Gasteiger partial charge in [0.2, 0.25) is 11.8 Å². The van der Waals surface area contributed by atoms with E-state index in [1.807, 2.05) is 0 Å². The second-order valence-electron chi connectivity index (χ2n) is 6.08. The van der Waals surface area contributed by atoms with Gasteiger partial charge in [-0.05, 0) is 24.6 Å². The van der Waals surface area contributed by atoms with Crippen LogP contribution in [0, 0.1) is 0 Å². The van der Waals surface area contributed by atoms with Crippen molar-refractivity contribution in [2.75, 3.05) is 25.1 Å². The highest BCUT2D eigenvalue weighted by atomic mass is 16.5. The fourth-order valence-corrected chi connectivity index (χ4v) is 3.01. The van der Waals surface area contributed by atoms with Gasteiger partial charge in [-0.2, -0.15) is 0 Å². The van der Waals surface area contributed by atoms with Gasteiger partial charge >= 0.3 is 5.97 Å². The fraction of sp³-hybridized carbons (Fsp3) is 0.353. The minimum Gasteiger partial charge on any atom is -0.480 e. The molecule has 1 fully saturated rings. The number of imide groups is 2. The summed E-state index contributed by atoms with van der Waals surface area (Å²) < 4.78 is 4.90. The Morgan fingerprint density at radius 3 is 2.67 bits per heavy atom. The minimum absolute atomic E-state index is 0.0625. The standard InChI is InChI=1S/C17H17N3O7/c21-13-4-3-12(15(24)19-13)20-16(25)10-2-1-9(7-11(10)17(20)26)18-5-6-27-8-14(22)23/h1-2,7,12,18H,3-6,8H2,(H,22,23)(H,19,21,24). The van der Waals surface area contributed by atoms with Crippen LogP contribution in [0.15, 0.2) is 18.2 Å². The molecule has 0 aromatic heterocycles. The summed E-state index contributed by atoms with van der Waals surface area (Å²) in [5, 5.41) is 13.6. The molecule has 1 atom stereocenters. The lowest BCUT2D eigenvalue weighted by Gasteiger charge is -2.27. The number of nitrogens with one attached hydrogen (secondary N) is 2. The Balaban J connectivity index is 1.68. The first-order valence-corrected chi connectivity index (χ1v) is 8.27. The zero-order chi connectivity index (χ0) is 19.6. The first-order chi connectivity index (χ1) is 12.9. The van der Waals surface area contributed by atoms with Gasteiger partial charge in [0.05, 0.1) is 17.7 Å². The summed E-state index contributed by atoms with van der Waals surface area (Å²) in [5.74, 6) is -3.31. The Bertz CT molecular complexity index is 836. The third-order valence-electron chi connectivity index (χ3n) is 4.24. The largest absolute Gasteiger partial charge is 0.480 e. The molecule has 1 aromatic rings. The maximum atomic E-state index is 12.7. The molecule has 2 heterocycles. The van der Waals surface area contributed by atoms with Gasteiger partial charge in [-0.25, -0.2) is 4.79 Å². The van der Waals surface area contributed by atoms with Crippen molar-refractivity contribution >= 4 is 35.3 Å². The number of rotatable bonds is 7. The van der Waals surface area contributed by atoms with E-state index in [-0.39, 0.29) is 30.6 Å². The predicted molar refractivity (Wildman–Crippen MR) is 90.1 cm³/mol. The van der Waals surface area contributed by atoms with Gasteiger partial charge in [-0.3, -0.25) is 29.4 Å². The van der Waals surface area contributed by atoms with Gasteiger partial charge in [-0.1, -0.05) is 0 Å². The van der Waals surface area contributed by atoms with Crippen LogP contribution in [0.25, 0.3) is 0 Å². The van der Waals surface area contributed by atoms with Crippen molar-refractivity contribution in [1.29, 1.82) is 0 Å². The number of hydrogen-bond acceptors (Lipinski definition) is 7. The normalized spacial score (nSPS) is 19.1. The quantitative estimate of drug-likeness (QED) is 0.432. The Labute approximate surface area is 153 Å². The Hall–Kier alpha value is -3.27. The third kappa shape index (κ3) is 3.80. The fourth-order valence-electron chi connectivity index (χ4n) is 3.01. The summed E-state index contributed by atoms with van der Waals surface area (Å²) in [6.07, 6.45) is 0.162. The first-order valence-electron chi connectivity index (χ1n) is 8.27. The highest BCUT2D eigenvalue weighted by Crippen LogP contribution is 2.29. The molecule has 1 aromatic carbocycles. The van der Waals surface area contributed by atoms with E-state index in [0.29, 0.717) is 12.2 Å². The van der Waals surface area contributed by atoms with Crippen LogP contribution in [0.1, 0.15) is 33.6 Å². The average molecular weight is 375 g/mol. The molecule has 3 N–H and O–H groups in total. The van der Waals surface area contributed by atoms with Crippen molar-refractivity contribution in [2.45, 2.75) is 18.9 Å². The number of piperidine rings is 1. The SMILES string of the molecule is O=C(O)COCCNc1ccc2c(c1)C(=O)N(C1CCC(=O)NC1=O)C2=O. The zero-order valence-electron chi connectivity index (χ0n) is 14.2. The van der Waals surface area contributed by atoms with Crippen LogP contribution < -0.4 is 10.6 Å². The van der Waals surface area contributed by atoms with Crippen molar-refractivity contribution in [3.05, 3.63) is 29.3 Å². The Kier molecular flexibility index (Phi) is 5.17. The van der Waals surface area contributed by atoms with Crippen LogP contribution >= 0.6 is 0 Å². The topological polar surface area (TPSA) is 142 Å². The van der Waals surface area contributed by atoms with E-state index in [1.165, 1.54) is 12.1 Å². The van der Waals surface area contributed by atoms with Crippen LogP contribution in [0.2, 0.25) is 0 Å². The monoisotopic (exact) mass is 375 g/mol. The number of hydrogen-bond donors (Lipinski definition) is 3. The van der Waals surface area contributed by atoms with Crippen molar-refractivity contribution in [3.63, 3.8) is 0 Å². The van der Waals surface area contributed by atoms with Crippen molar-refractivity contribution in [1.82, 2.24) is 10.2 Å². The molecule has 0 radical (unpaired) electrons. The summed E-state index contributed by atoms with van der Waals surface area (Å²) in [5.41, 5.74) is 0.914. The highest BCUT2D eigenvalue weighted by molar-refractivity contribution is 6.23. The van der Waals surface area contributed by atoms with E-state index in [9.17, 15) is 24.0 Å². The minimum atomic E-state index is -1.06. The lowest BCUT2D eigenvalue weighted by Crippen LogP contribution is -2.54. The molecule has 0 saturated carbocycles. The van der Waals surface area contributed by atoms with Crippen LogP contribution in [-0.2, 0) is 19.1 Å². The number of ether oxygens (including phenoxy) is 1. The Morgan fingerprint density at radius 1 is 1.22 bits per heavy atom. The molecule has 0 bridgehead atoms. The number of nitrogens with zero attached hydrogens (tertiary/aromatic N) is 1. The number of aliphatic carboxylic acids is 1. The van der Waals surface area contributed by atoms with Crippen molar-refractivity contribution in [2.24, 2.45) is 0 Å². The van der Waals surface area contributed by atoms with E-state index in [1.54, 1.807) is 6.07 Å². The van der Waals surface area contributed by atoms with Gasteiger partial charge in [0.1, 0.15) is 12.6 Å². The molecule has 27 heavy (non-hydrogen) atoms. The van der Waals surface area contributed by atoms with E-state index in [0.717, 1.165) is 4.90 Å². The number of carboxylic acids is 1. The number of benzene rings is 1. The average Bonchev–Trinajstić information content (AvgIpc) is 2.86. The molecule has 1 saturated heterocycles. The van der Waals surface area contributed by atoms with E-state index < -0.39 is 42.2 Å². The van der Waals surface area contributed by atoms with Crippen LogP contribution in [0.5, 0.6) is 0 Å². The molecule has 0 spiro atoms. The van der Waals surface area contributed by atoms with E-state index in [2.05, 4.69) is 10.6 Å². The number of amides is 4. The van der Waals surface area contributed by atoms with Crippen LogP contribution in [0.4, 0.5) is 5.69 Å². The molecule has 142 valence electrons. The Morgan fingerprint density at radius 2 is 1.96 bits per heavy atom. The highest BCUT2D eigenvalue weighted by Gasteiger charge is 2.44. The summed E-state index contributed by atoms with van der Waals surface area (Å²) in [6, 6.07) is 3.59. The van der Waals surface area contributed by atoms with Gasteiger partial charge in [0.15, 0.2) is 0 Å². The number of fused-ring (bicyclic) bond motifs is 1. The molecular formula is C17H17N3O7. The lowest BCUT2D eigenvalue weighted by molar-refractivity contribution is -0.142. The zero-order valence-corrected chi connectivity index (χ0v) is 14.2. The maximum Gasteiger partial charge on any atom is 0.329 e. The van der Waals surface area contributed by atoms with E-state index in [4.69, 9.17) is 9.84 Å². The molecule has 1 unspecified atom stereocenters. The maximum absolute atomic E-state index is 12.7. The van der Waals surface area contributed by atoms with Crippen LogP contribution in [0.3, 0.4) is 0 Å². The second-order valence-corrected chi connectivity index (χ2v) is 6.08. The molecule has 2 aliphatic heterocycles. The van der Waals surface area contributed by atoms with Crippen molar-refractivity contribution < 1.29 is 33.8 Å². The number of carbonyl (C=O) groups excluding carboxylic acids is 4. The number of carbonyl (C=O) groups is 5. The molecule has 3 rings (SSSR count). The van der Waals surface area contributed by atoms with Gasteiger partial charge in [0, 0.05) is 18.7 Å².